The van der Waals surface area contributed by atoms with Crippen molar-refractivity contribution in [2.24, 2.45) is 5.92 Å². The van der Waals surface area contributed by atoms with Crippen LogP contribution in [-0.4, -0.2) is 5.11 Å². The van der Waals surface area contributed by atoms with Crippen molar-refractivity contribution in [2.75, 3.05) is 0 Å². The Kier molecular flexibility index (Phi) is 4.84. The number of rotatable bonds is 1. The molecule has 1 aliphatic carbocycles. The van der Waals surface area contributed by atoms with E-state index in [1.54, 1.807) is 0 Å². The zero-order valence-corrected chi connectivity index (χ0v) is 7.17. The van der Waals surface area contributed by atoms with Crippen LogP contribution < -0.4 is 0 Å². The predicted octanol–water partition coefficient (Wildman–Crippen LogP) is 2.64. The standard InChI is InChI=1S/C8H14O.Cu/c1-2-7-4-3-5-8(9)6-7;/h6-7,9H,2-5H2,1H3;/t7-;/m0./s1. The molecule has 0 unspecified atom stereocenters. The molecule has 1 atom stereocenters. The van der Waals surface area contributed by atoms with E-state index >= 15 is 0 Å². The second kappa shape index (κ2) is 4.81. The molecule has 10 heavy (non-hydrogen) atoms. The van der Waals surface area contributed by atoms with E-state index < -0.39 is 0 Å². The fourth-order valence-electron chi connectivity index (χ4n) is 1.31. The third kappa shape index (κ3) is 2.76. The van der Waals surface area contributed by atoms with Gasteiger partial charge in [-0.15, -0.1) is 0 Å². The molecule has 63 valence electrons. The molecule has 0 aromatic rings. The zero-order valence-electron chi connectivity index (χ0n) is 6.23. The summed E-state index contributed by atoms with van der Waals surface area (Å²) in [6, 6.07) is 0. The van der Waals surface area contributed by atoms with Crippen molar-refractivity contribution in [1.82, 2.24) is 0 Å². The molecule has 1 rings (SSSR count). The Morgan fingerprint density at radius 2 is 2.40 bits per heavy atom. The molecule has 0 amide bonds. The fourth-order valence-corrected chi connectivity index (χ4v) is 1.31. The van der Waals surface area contributed by atoms with Gasteiger partial charge in [-0.1, -0.05) is 6.92 Å². The van der Waals surface area contributed by atoms with Crippen LogP contribution in [-0.2, 0) is 17.1 Å². The Morgan fingerprint density at radius 3 is 2.80 bits per heavy atom. The Balaban J connectivity index is 0.000000810. The van der Waals surface area contributed by atoms with Crippen LogP contribution >= 0.6 is 0 Å². The van der Waals surface area contributed by atoms with Crippen molar-refractivity contribution in [2.45, 2.75) is 32.6 Å². The first-order valence-electron chi connectivity index (χ1n) is 3.72. The van der Waals surface area contributed by atoms with E-state index in [0.29, 0.717) is 11.7 Å². The average Bonchev–Trinajstić information content (AvgIpc) is 1.88. The van der Waals surface area contributed by atoms with E-state index in [1.807, 2.05) is 6.08 Å². The van der Waals surface area contributed by atoms with E-state index in [0.717, 1.165) is 6.42 Å². The van der Waals surface area contributed by atoms with Gasteiger partial charge < -0.3 is 5.11 Å². The van der Waals surface area contributed by atoms with Gasteiger partial charge in [0.1, 0.15) is 0 Å². The second-order valence-corrected chi connectivity index (χ2v) is 2.72. The van der Waals surface area contributed by atoms with Gasteiger partial charge in [0.2, 0.25) is 0 Å². The molecule has 0 aliphatic heterocycles. The first-order chi connectivity index (χ1) is 4.33. The van der Waals surface area contributed by atoms with E-state index in [-0.39, 0.29) is 17.1 Å². The molecule has 0 fully saturated rings. The van der Waals surface area contributed by atoms with Crippen molar-refractivity contribution in [3.63, 3.8) is 0 Å². The van der Waals surface area contributed by atoms with Gasteiger partial charge in [0.05, 0.1) is 5.76 Å². The summed E-state index contributed by atoms with van der Waals surface area (Å²) in [5.41, 5.74) is 0. The predicted molar refractivity (Wildman–Crippen MR) is 38.3 cm³/mol. The molecule has 0 heterocycles. The fraction of sp³-hybridized carbons (Fsp3) is 0.750. The van der Waals surface area contributed by atoms with Gasteiger partial charge in [0.15, 0.2) is 0 Å². The summed E-state index contributed by atoms with van der Waals surface area (Å²) < 4.78 is 0. The van der Waals surface area contributed by atoms with Crippen molar-refractivity contribution >= 4 is 0 Å². The normalized spacial score (nSPS) is 24.9. The molecular formula is C8H14CuO. The number of allylic oxidation sites excluding steroid dienone is 2. The third-order valence-corrected chi connectivity index (χ3v) is 1.96. The molecule has 0 aromatic carbocycles. The first kappa shape index (κ1) is 10.1. The molecule has 0 bridgehead atoms. The number of hydrogen-bond acceptors (Lipinski definition) is 1. The molecule has 0 saturated heterocycles. The minimum atomic E-state index is 0. The number of aliphatic hydroxyl groups excluding tert-OH is 1. The second-order valence-electron chi connectivity index (χ2n) is 2.72. The van der Waals surface area contributed by atoms with Crippen LogP contribution in [0.1, 0.15) is 32.6 Å². The summed E-state index contributed by atoms with van der Waals surface area (Å²) in [6.07, 6.45) is 6.51. The molecule has 1 N–H and O–H groups in total. The van der Waals surface area contributed by atoms with E-state index in [4.69, 9.17) is 5.11 Å². The zero-order chi connectivity index (χ0) is 6.69. The summed E-state index contributed by atoms with van der Waals surface area (Å²) in [5, 5.41) is 9.07. The van der Waals surface area contributed by atoms with Crippen LogP contribution in [0.15, 0.2) is 11.8 Å². The van der Waals surface area contributed by atoms with Crippen LogP contribution in [0.2, 0.25) is 0 Å². The van der Waals surface area contributed by atoms with Gasteiger partial charge in [-0.3, -0.25) is 0 Å². The van der Waals surface area contributed by atoms with Crippen molar-refractivity contribution in [3.8, 4) is 0 Å². The third-order valence-electron chi connectivity index (χ3n) is 1.96. The molecule has 1 radical (unpaired) electrons. The van der Waals surface area contributed by atoms with Crippen LogP contribution in [0.5, 0.6) is 0 Å². The smallest absolute Gasteiger partial charge is 0.0885 e. The van der Waals surface area contributed by atoms with Crippen molar-refractivity contribution in [3.05, 3.63) is 11.8 Å². The molecule has 1 aliphatic rings. The maximum absolute atomic E-state index is 9.07. The summed E-state index contributed by atoms with van der Waals surface area (Å²) in [5.74, 6) is 1.26. The summed E-state index contributed by atoms with van der Waals surface area (Å²) in [7, 11) is 0. The van der Waals surface area contributed by atoms with Gasteiger partial charge in [-0.05, 0) is 31.3 Å². The van der Waals surface area contributed by atoms with Crippen molar-refractivity contribution in [1.29, 1.82) is 0 Å². The van der Waals surface area contributed by atoms with Gasteiger partial charge in [-0.25, -0.2) is 0 Å². The first-order valence-corrected chi connectivity index (χ1v) is 3.72. The van der Waals surface area contributed by atoms with Gasteiger partial charge in [0, 0.05) is 23.5 Å². The van der Waals surface area contributed by atoms with E-state index in [1.165, 1.54) is 19.3 Å². The maximum atomic E-state index is 9.07. The van der Waals surface area contributed by atoms with E-state index in [2.05, 4.69) is 6.92 Å². The minimum absolute atomic E-state index is 0. The maximum Gasteiger partial charge on any atom is 0.0885 e. The average molecular weight is 190 g/mol. The van der Waals surface area contributed by atoms with Crippen LogP contribution in [0.25, 0.3) is 0 Å². The Morgan fingerprint density at radius 1 is 1.70 bits per heavy atom. The van der Waals surface area contributed by atoms with Crippen LogP contribution in [0.3, 0.4) is 0 Å². The monoisotopic (exact) mass is 189 g/mol. The topological polar surface area (TPSA) is 20.2 Å². The molecule has 2 heteroatoms. The van der Waals surface area contributed by atoms with E-state index in [9.17, 15) is 0 Å². The Bertz CT molecular complexity index is 120. The summed E-state index contributed by atoms with van der Waals surface area (Å²) in [4.78, 5) is 0. The van der Waals surface area contributed by atoms with Crippen LogP contribution in [0.4, 0.5) is 0 Å². The summed E-state index contributed by atoms with van der Waals surface area (Å²) >= 11 is 0. The number of aliphatic hydroxyl groups is 1. The quantitative estimate of drug-likeness (QED) is 0.629. The van der Waals surface area contributed by atoms with Crippen molar-refractivity contribution < 1.29 is 22.2 Å². The largest absolute Gasteiger partial charge is 0.513 e. The van der Waals surface area contributed by atoms with Gasteiger partial charge in [-0.2, -0.15) is 0 Å². The summed E-state index contributed by atoms with van der Waals surface area (Å²) in [6.45, 7) is 2.17. The van der Waals surface area contributed by atoms with Gasteiger partial charge >= 0.3 is 0 Å². The number of hydrogen-bond donors (Lipinski definition) is 1. The Labute approximate surface area is 73.0 Å². The molecule has 1 nitrogen and oxygen atoms in total. The molecule has 0 spiro atoms. The minimum Gasteiger partial charge on any atom is -0.513 e. The molecular weight excluding hydrogens is 176 g/mol. The van der Waals surface area contributed by atoms with Crippen LogP contribution in [0, 0.1) is 5.92 Å². The Hall–Kier alpha value is 0.0595. The molecule has 0 aromatic heterocycles. The van der Waals surface area contributed by atoms with Gasteiger partial charge in [0.25, 0.3) is 0 Å². The SMILES string of the molecule is CC[C@@H]1C=C(O)CCC1.[Cu]. The molecule has 0 saturated carbocycles.